The SMILES string of the molecule is Cc1ccc(N2CCCC2)c(C(=O)N2CCC(CN)C2)c1. The van der Waals surface area contributed by atoms with Crippen molar-refractivity contribution in [1.82, 2.24) is 4.90 Å². The number of benzene rings is 1. The van der Waals surface area contributed by atoms with E-state index in [1.807, 2.05) is 11.0 Å². The van der Waals surface area contributed by atoms with Crippen molar-refractivity contribution in [1.29, 1.82) is 0 Å². The van der Waals surface area contributed by atoms with E-state index in [4.69, 9.17) is 5.73 Å². The molecule has 0 saturated carbocycles. The van der Waals surface area contributed by atoms with Crippen molar-refractivity contribution in [2.24, 2.45) is 11.7 Å². The molecule has 2 aliphatic rings. The second-order valence-electron chi connectivity index (χ2n) is 6.36. The first kappa shape index (κ1) is 14.4. The highest BCUT2D eigenvalue weighted by atomic mass is 16.2. The number of carbonyl (C=O) groups is 1. The summed E-state index contributed by atoms with van der Waals surface area (Å²) in [5.41, 5.74) is 8.87. The van der Waals surface area contributed by atoms with Crippen molar-refractivity contribution in [2.45, 2.75) is 26.2 Å². The Hall–Kier alpha value is -1.55. The van der Waals surface area contributed by atoms with E-state index in [1.165, 1.54) is 12.8 Å². The van der Waals surface area contributed by atoms with Crippen LogP contribution in [-0.4, -0.2) is 43.5 Å². The third-order valence-corrected chi connectivity index (χ3v) is 4.74. The van der Waals surface area contributed by atoms with Crippen LogP contribution in [0.1, 0.15) is 35.2 Å². The lowest BCUT2D eigenvalue weighted by molar-refractivity contribution is 0.0788. The first-order chi connectivity index (χ1) is 10.2. The van der Waals surface area contributed by atoms with Gasteiger partial charge in [-0.1, -0.05) is 11.6 Å². The third-order valence-electron chi connectivity index (χ3n) is 4.74. The molecule has 21 heavy (non-hydrogen) atoms. The quantitative estimate of drug-likeness (QED) is 0.925. The standard InChI is InChI=1S/C17H25N3O/c1-13-4-5-16(19-7-2-3-8-19)15(10-13)17(21)20-9-6-14(11-18)12-20/h4-5,10,14H,2-3,6-9,11-12,18H2,1H3. The normalized spacial score (nSPS) is 22.1. The van der Waals surface area contributed by atoms with Gasteiger partial charge in [0, 0.05) is 31.9 Å². The second-order valence-corrected chi connectivity index (χ2v) is 6.36. The van der Waals surface area contributed by atoms with Gasteiger partial charge in [-0.25, -0.2) is 0 Å². The molecule has 4 nitrogen and oxygen atoms in total. The summed E-state index contributed by atoms with van der Waals surface area (Å²) >= 11 is 0. The molecular weight excluding hydrogens is 262 g/mol. The Labute approximate surface area is 126 Å². The van der Waals surface area contributed by atoms with Gasteiger partial charge in [0.15, 0.2) is 0 Å². The fourth-order valence-corrected chi connectivity index (χ4v) is 3.43. The molecule has 0 radical (unpaired) electrons. The van der Waals surface area contributed by atoms with Crippen LogP contribution < -0.4 is 10.6 Å². The summed E-state index contributed by atoms with van der Waals surface area (Å²) in [4.78, 5) is 17.2. The molecule has 3 rings (SSSR count). The van der Waals surface area contributed by atoms with Crippen molar-refractivity contribution in [3.05, 3.63) is 29.3 Å². The molecule has 0 aromatic heterocycles. The number of hydrogen-bond acceptors (Lipinski definition) is 3. The fraction of sp³-hybridized carbons (Fsp3) is 0.588. The van der Waals surface area contributed by atoms with E-state index in [2.05, 4.69) is 24.0 Å². The van der Waals surface area contributed by atoms with E-state index >= 15 is 0 Å². The van der Waals surface area contributed by atoms with E-state index in [0.717, 1.165) is 49.4 Å². The smallest absolute Gasteiger partial charge is 0.255 e. The molecule has 2 N–H and O–H groups in total. The van der Waals surface area contributed by atoms with Crippen molar-refractivity contribution >= 4 is 11.6 Å². The summed E-state index contributed by atoms with van der Waals surface area (Å²) < 4.78 is 0. The zero-order valence-electron chi connectivity index (χ0n) is 12.8. The number of carbonyl (C=O) groups excluding carboxylic acids is 1. The van der Waals surface area contributed by atoms with E-state index in [1.54, 1.807) is 0 Å². The zero-order valence-corrected chi connectivity index (χ0v) is 12.8. The van der Waals surface area contributed by atoms with E-state index in [0.29, 0.717) is 12.5 Å². The maximum Gasteiger partial charge on any atom is 0.255 e. The molecule has 2 fully saturated rings. The van der Waals surface area contributed by atoms with Gasteiger partial charge in [0.05, 0.1) is 5.56 Å². The minimum Gasteiger partial charge on any atom is -0.371 e. The molecule has 0 aliphatic carbocycles. The fourth-order valence-electron chi connectivity index (χ4n) is 3.43. The topological polar surface area (TPSA) is 49.6 Å². The highest BCUT2D eigenvalue weighted by molar-refractivity contribution is 6.00. The predicted molar refractivity (Wildman–Crippen MR) is 85.7 cm³/mol. The lowest BCUT2D eigenvalue weighted by Gasteiger charge is -2.24. The monoisotopic (exact) mass is 287 g/mol. The van der Waals surface area contributed by atoms with Crippen molar-refractivity contribution in [3.63, 3.8) is 0 Å². The van der Waals surface area contributed by atoms with Gasteiger partial charge in [-0.3, -0.25) is 4.79 Å². The molecular formula is C17H25N3O. The summed E-state index contributed by atoms with van der Waals surface area (Å²) in [6.45, 7) is 6.51. The number of likely N-dealkylation sites (tertiary alicyclic amines) is 1. The number of nitrogens with zero attached hydrogens (tertiary/aromatic N) is 2. The van der Waals surface area contributed by atoms with Gasteiger partial charge in [-0.15, -0.1) is 0 Å². The van der Waals surface area contributed by atoms with Crippen molar-refractivity contribution in [2.75, 3.05) is 37.6 Å². The first-order valence-electron chi connectivity index (χ1n) is 8.04. The molecule has 1 atom stereocenters. The Kier molecular flexibility index (Phi) is 4.15. The maximum atomic E-state index is 12.9. The van der Waals surface area contributed by atoms with Crippen LogP contribution in [0.2, 0.25) is 0 Å². The van der Waals surface area contributed by atoms with Gasteiger partial charge in [0.1, 0.15) is 0 Å². The molecule has 2 heterocycles. The van der Waals surface area contributed by atoms with Gasteiger partial charge < -0.3 is 15.5 Å². The summed E-state index contributed by atoms with van der Waals surface area (Å²) in [6.07, 6.45) is 3.48. The lowest BCUT2D eigenvalue weighted by Crippen LogP contribution is -2.32. The van der Waals surface area contributed by atoms with Crippen LogP contribution in [0.3, 0.4) is 0 Å². The Morgan fingerprint density at radius 3 is 2.71 bits per heavy atom. The molecule has 1 aromatic carbocycles. The average molecular weight is 287 g/mol. The highest BCUT2D eigenvalue weighted by Gasteiger charge is 2.28. The molecule has 1 aromatic rings. The summed E-state index contributed by atoms with van der Waals surface area (Å²) in [5.74, 6) is 0.644. The minimum absolute atomic E-state index is 0.177. The Morgan fingerprint density at radius 1 is 1.29 bits per heavy atom. The van der Waals surface area contributed by atoms with Gasteiger partial charge in [-0.05, 0) is 50.8 Å². The number of hydrogen-bond donors (Lipinski definition) is 1. The first-order valence-corrected chi connectivity index (χ1v) is 8.04. The largest absolute Gasteiger partial charge is 0.371 e. The van der Waals surface area contributed by atoms with E-state index in [9.17, 15) is 4.79 Å². The number of aryl methyl sites for hydroxylation is 1. The zero-order chi connectivity index (χ0) is 14.8. The molecule has 114 valence electrons. The van der Waals surface area contributed by atoms with Crippen LogP contribution >= 0.6 is 0 Å². The maximum absolute atomic E-state index is 12.9. The number of rotatable bonds is 3. The summed E-state index contributed by atoms with van der Waals surface area (Å²) in [5, 5.41) is 0. The number of nitrogens with two attached hydrogens (primary N) is 1. The van der Waals surface area contributed by atoms with Crippen LogP contribution in [0.4, 0.5) is 5.69 Å². The third kappa shape index (κ3) is 2.91. The minimum atomic E-state index is 0.177. The van der Waals surface area contributed by atoms with Gasteiger partial charge in [0.2, 0.25) is 0 Å². The molecule has 1 unspecified atom stereocenters. The second kappa shape index (κ2) is 6.06. The summed E-state index contributed by atoms with van der Waals surface area (Å²) in [7, 11) is 0. The number of amides is 1. The lowest BCUT2D eigenvalue weighted by atomic mass is 10.1. The van der Waals surface area contributed by atoms with Crippen LogP contribution in [0.15, 0.2) is 18.2 Å². The molecule has 4 heteroatoms. The van der Waals surface area contributed by atoms with Crippen LogP contribution in [0.25, 0.3) is 0 Å². The van der Waals surface area contributed by atoms with Gasteiger partial charge in [0.25, 0.3) is 5.91 Å². The van der Waals surface area contributed by atoms with E-state index < -0.39 is 0 Å². The predicted octanol–water partition coefficient (Wildman–Crippen LogP) is 2.02. The Balaban J connectivity index is 1.86. The number of anilines is 1. The molecule has 2 aliphatic heterocycles. The van der Waals surface area contributed by atoms with Crippen LogP contribution in [0, 0.1) is 12.8 Å². The van der Waals surface area contributed by atoms with Crippen molar-refractivity contribution in [3.8, 4) is 0 Å². The van der Waals surface area contributed by atoms with Gasteiger partial charge in [-0.2, -0.15) is 0 Å². The highest BCUT2D eigenvalue weighted by Crippen LogP contribution is 2.28. The van der Waals surface area contributed by atoms with Crippen molar-refractivity contribution < 1.29 is 4.79 Å². The average Bonchev–Trinajstić information content (AvgIpc) is 3.17. The van der Waals surface area contributed by atoms with Crippen LogP contribution in [-0.2, 0) is 0 Å². The molecule has 2 saturated heterocycles. The molecule has 0 spiro atoms. The van der Waals surface area contributed by atoms with E-state index in [-0.39, 0.29) is 5.91 Å². The summed E-state index contributed by atoms with van der Waals surface area (Å²) in [6, 6.07) is 6.27. The van der Waals surface area contributed by atoms with Gasteiger partial charge >= 0.3 is 0 Å². The molecule has 1 amide bonds. The van der Waals surface area contributed by atoms with Crippen LogP contribution in [0.5, 0.6) is 0 Å². The Morgan fingerprint density at radius 2 is 2.05 bits per heavy atom. The Bertz CT molecular complexity index is 523. The molecule has 0 bridgehead atoms.